The van der Waals surface area contributed by atoms with Gasteiger partial charge in [0, 0.05) is 45.2 Å². The van der Waals surface area contributed by atoms with Crippen LogP contribution < -0.4 is 5.32 Å². The van der Waals surface area contributed by atoms with E-state index in [1.807, 2.05) is 18.7 Å². The predicted molar refractivity (Wildman–Crippen MR) is 98.0 cm³/mol. The molecule has 0 unspecified atom stereocenters. The van der Waals surface area contributed by atoms with Gasteiger partial charge in [-0.1, -0.05) is 20.3 Å². The Morgan fingerprint density at radius 3 is 2.25 bits per heavy atom. The maximum atomic E-state index is 12.1. The van der Waals surface area contributed by atoms with Crippen LogP contribution >= 0.6 is 0 Å². The fourth-order valence-corrected chi connectivity index (χ4v) is 4.18. The van der Waals surface area contributed by atoms with Crippen molar-refractivity contribution in [3.8, 4) is 0 Å². The zero-order valence-corrected chi connectivity index (χ0v) is 15.7. The van der Waals surface area contributed by atoms with Gasteiger partial charge in [-0.3, -0.25) is 9.79 Å². The van der Waals surface area contributed by atoms with Gasteiger partial charge in [-0.05, 0) is 43.9 Å². The van der Waals surface area contributed by atoms with Crippen molar-refractivity contribution in [3.63, 3.8) is 0 Å². The predicted octanol–water partition coefficient (Wildman–Crippen LogP) is 2.33. The van der Waals surface area contributed by atoms with Gasteiger partial charge in [-0.2, -0.15) is 0 Å². The van der Waals surface area contributed by atoms with Gasteiger partial charge in [0.25, 0.3) is 0 Å². The number of piperazine rings is 1. The number of hydrogen-bond donors (Lipinski definition) is 1. The van der Waals surface area contributed by atoms with Crippen LogP contribution in [-0.4, -0.2) is 60.9 Å². The minimum absolute atomic E-state index is 0.0930. The highest BCUT2D eigenvalue weighted by molar-refractivity contribution is 5.81. The first-order valence-corrected chi connectivity index (χ1v) is 9.88. The van der Waals surface area contributed by atoms with Crippen molar-refractivity contribution in [1.82, 2.24) is 15.1 Å². The molecule has 0 atom stereocenters. The lowest BCUT2D eigenvalue weighted by atomic mass is 9.65. The van der Waals surface area contributed by atoms with Crippen molar-refractivity contribution >= 4 is 11.9 Å². The van der Waals surface area contributed by atoms with Crippen LogP contribution in [0.4, 0.5) is 0 Å². The van der Waals surface area contributed by atoms with Crippen LogP contribution in [0.5, 0.6) is 0 Å². The molecule has 0 radical (unpaired) electrons. The van der Waals surface area contributed by atoms with E-state index in [0.29, 0.717) is 5.41 Å². The smallest absolute Gasteiger partial charge is 0.225 e. The minimum Gasteiger partial charge on any atom is -0.357 e. The number of rotatable bonds is 5. The molecule has 1 amide bonds. The highest BCUT2D eigenvalue weighted by atomic mass is 16.2. The first-order valence-electron chi connectivity index (χ1n) is 9.88. The van der Waals surface area contributed by atoms with Gasteiger partial charge in [0.2, 0.25) is 5.91 Å². The molecule has 136 valence electrons. The molecule has 1 N–H and O–H groups in total. The zero-order valence-electron chi connectivity index (χ0n) is 15.7. The summed E-state index contributed by atoms with van der Waals surface area (Å²) in [6.45, 7) is 11.4. The highest BCUT2D eigenvalue weighted by Crippen LogP contribution is 2.57. The summed E-state index contributed by atoms with van der Waals surface area (Å²) >= 11 is 0. The lowest BCUT2D eigenvalue weighted by Crippen LogP contribution is -2.54. The Kier molecular flexibility index (Phi) is 5.36. The summed E-state index contributed by atoms with van der Waals surface area (Å²) in [6, 6.07) is 0. The fourth-order valence-electron chi connectivity index (χ4n) is 4.18. The summed E-state index contributed by atoms with van der Waals surface area (Å²) in [5.74, 6) is 2.37. The van der Waals surface area contributed by atoms with Crippen LogP contribution in [0.2, 0.25) is 0 Å². The van der Waals surface area contributed by atoms with Crippen molar-refractivity contribution in [2.45, 2.75) is 52.9 Å². The summed E-state index contributed by atoms with van der Waals surface area (Å²) in [6.07, 6.45) is 6.97. The van der Waals surface area contributed by atoms with E-state index in [1.165, 1.54) is 32.1 Å². The van der Waals surface area contributed by atoms with E-state index < -0.39 is 0 Å². The van der Waals surface area contributed by atoms with Gasteiger partial charge >= 0.3 is 0 Å². The molecule has 1 aliphatic heterocycles. The van der Waals surface area contributed by atoms with E-state index in [-0.39, 0.29) is 11.8 Å². The number of amides is 1. The lowest BCUT2D eigenvalue weighted by molar-refractivity contribution is -0.135. The SMILES string of the molecule is CCNC(=NCC1(C2CC2)CCC1)N1CCN(C(=O)C(C)C)CC1. The van der Waals surface area contributed by atoms with E-state index in [0.717, 1.165) is 51.1 Å². The van der Waals surface area contributed by atoms with Crippen LogP contribution in [0.3, 0.4) is 0 Å². The van der Waals surface area contributed by atoms with E-state index >= 15 is 0 Å². The second kappa shape index (κ2) is 7.32. The van der Waals surface area contributed by atoms with Crippen LogP contribution in [0.25, 0.3) is 0 Å². The van der Waals surface area contributed by atoms with E-state index in [1.54, 1.807) is 0 Å². The summed E-state index contributed by atoms with van der Waals surface area (Å²) in [5.41, 5.74) is 0.524. The molecule has 1 heterocycles. The molecule has 0 aromatic carbocycles. The normalized spacial score (nSPS) is 24.1. The molecule has 0 aromatic rings. The molecule has 0 bridgehead atoms. The number of aliphatic imine (C=N–C) groups is 1. The maximum Gasteiger partial charge on any atom is 0.225 e. The van der Waals surface area contributed by atoms with Gasteiger partial charge in [0.05, 0.1) is 0 Å². The summed E-state index contributed by atoms with van der Waals surface area (Å²) in [4.78, 5) is 21.5. The molecule has 0 aromatic heterocycles. The van der Waals surface area contributed by atoms with Crippen LogP contribution in [0.1, 0.15) is 52.9 Å². The fraction of sp³-hybridized carbons (Fsp3) is 0.895. The molecule has 5 heteroatoms. The molecule has 5 nitrogen and oxygen atoms in total. The van der Waals surface area contributed by atoms with Crippen molar-refractivity contribution in [2.24, 2.45) is 22.2 Å². The Morgan fingerprint density at radius 1 is 1.17 bits per heavy atom. The minimum atomic E-state index is 0.0930. The van der Waals surface area contributed by atoms with Crippen LogP contribution in [0.15, 0.2) is 4.99 Å². The molecular weight excluding hydrogens is 300 g/mol. The van der Waals surface area contributed by atoms with Gasteiger partial charge in [-0.15, -0.1) is 0 Å². The number of guanidine groups is 1. The molecule has 3 aliphatic rings. The van der Waals surface area contributed by atoms with E-state index in [9.17, 15) is 4.79 Å². The number of carbonyl (C=O) groups is 1. The first kappa shape index (κ1) is 17.6. The number of hydrogen-bond acceptors (Lipinski definition) is 2. The van der Waals surface area contributed by atoms with Crippen molar-refractivity contribution < 1.29 is 4.79 Å². The lowest BCUT2D eigenvalue weighted by Gasteiger charge is -2.42. The average Bonchev–Trinajstić information content (AvgIpc) is 3.37. The number of nitrogens with zero attached hydrogens (tertiary/aromatic N) is 3. The van der Waals surface area contributed by atoms with E-state index in [2.05, 4.69) is 17.1 Å². The molecule has 3 fully saturated rings. The Bertz CT molecular complexity index is 472. The third-order valence-corrected chi connectivity index (χ3v) is 6.06. The molecule has 2 aliphatic carbocycles. The number of carbonyl (C=O) groups excluding carboxylic acids is 1. The van der Waals surface area contributed by atoms with Crippen molar-refractivity contribution in [3.05, 3.63) is 0 Å². The van der Waals surface area contributed by atoms with Crippen molar-refractivity contribution in [1.29, 1.82) is 0 Å². The molecule has 3 rings (SSSR count). The van der Waals surface area contributed by atoms with Crippen molar-refractivity contribution in [2.75, 3.05) is 39.3 Å². The second-order valence-corrected chi connectivity index (χ2v) is 8.13. The third kappa shape index (κ3) is 3.70. The molecular formula is C19H34N4O. The third-order valence-electron chi connectivity index (χ3n) is 6.06. The first-order chi connectivity index (χ1) is 11.6. The number of nitrogens with one attached hydrogen (secondary N) is 1. The molecule has 2 saturated carbocycles. The van der Waals surface area contributed by atoms with Gasteiger partial charge in [0.15, 0.2) is 5.96 Å². The average molecular weight is 335 g/mol. The molecule has 24 heavy (non-hydrogen) atoms. The van der Waals surface area contributed by atoms with Crippen LogP contribution in [-0.2, 0) is 4.79 Å². The largest absolute Gasteiger partial charge is 0.357 e. The van der Waals surface area contributed by atoms with Gasteiger partial charge in [0.1, 0.15) is 0 Å². The zero-order chi connectivity index (χ0) is 17.2. The Labute approximate surface area is 146 Å². The highest BCUT2D eigenvalue weighted by Gasteiger charge is 2.48. The second-order valence-electron chi connectivity index (χ2n) is 8.13. The molecule has 0 spiro atoms. The van der Waals surface area contributed by atoms with Crippen LogP contribution in [0, 0.1) is 17.3 Å². The Hall–Kier alpha value is -1.26. The quantitative estimate of drug-likeness (QED) is 0.620. The maximum absolute atomic E-state index is 12.1. The van der Waals surface area contributed by atoms with Gasteiger partial charge in [-0.25, -0.2) is 0 Å². The monoisotopic (exact) mass is 334 g/mol. The summed E-state index contributed by atoms with van der Waals surface area (Å²) in [5, 5.41) is 3.47. The topological polar surface area (TPSA) is 47.9 Å². The van der Waals surface area contributed by atoms with Gasteiger partial charge < -0.3 is 15.1 Å². The van der Waals surface area contributed by atoms with E-state index in [4.69, 9.17) is 4.99 Å². The summed E-state index contributed by atoms with van der Waals surface area (Å²) < 4.78 is 0. The molecule has 1 saturated heterocycles. The standard InChI is InChI=1S/C19H34N4O/c1-4-20-18(21-14-19(8-5-9-19)16-6-7-16)23-12-10-22(11-13-23)17(24)15(2)3/h15-16H,4-14H2,1-3H3,(H,20,21). The Balaban J connectivity index is 1.58. The Morgan fingerprint density at radius 2 is 1.79 bits per heavy atom. The summed E-state index contributed by atoms with van der Waals surface area (Å²) in [7, 11) is 0.